The van der Waals surface area contributed by atoms with Crippen molar-refractivity contribution in [3.63, 3.8) is 0 Å². The number of hydrogen-bond acceptors (Lipinski definition) is 7. The van der Waals surface area contributed by atoms with Crippen LogP contribution in [0.4, 0.5) is 0 Å². The molecule has 2 aliphatic rings. The summed E-state index contributed by atoms with van der Waals surface area (Å²) < 4.78 is 11.8. The van der Waals surface area contributed by atoms with Gasteiger partial charge in [0.1, 0.15) is 12.2 Å². The summed E-state index contributed by atoms with van der Waals surface area (Å²) in [6.45, 7) is 1.81. The van der Waals surface area contributed by atoms with E-state index in [2.05, 4.69) is 16.4 Å². The number of aliphatic hydroxyl groups is 3. The third-order valence-electron chi connectivity index (χ3n) is 7.85. The summed E-state index contributed by atoms with van der Waals surface area (Å²) in [6.07, 6.45) is 1.09. The van der Waals surface area contributed by atoms with Crippen LogP contribution in [0.1, 0.15) is 42.5 Å². The van der Waals surface area contributed by atoms with Crippen LogP contribution in [0, 0.1) is 0 Å². The number of rotatable bonds is 11. The smallest absolute Gasteiger partial charge is 0.247 e. The minimum Gasteiger partial charge on any atom is -0.493 e. The molecule has 4 atom stereocenters. The van der Waals surface area contributed by atoms with Crippen molar-refractivity contribution in [2.75, 3.05) is 26.8 Å². The SMILES string of the molecule is CCCC(=O)N(CCc1cc2ccccc2[nH]1)C1C=C(C(=O)NCCO)C2c3cc(CO)cc(OC)c3OC2C1O. The first-order valence-electron chi connectivity index (χ1n) is 14.0. The number of nitrogens with zero attached hydrogens (tertiary/aromatic N) is 1. The zero-order chi connectivity index (χ0) is 29.1. The highest BCUT2D eigenvalue weighted by molar-refractivity contribution is 5.96. The van der Waals surface area contributed by atoms with E-state index in [0.29, 0.717) is 54.0 Å². The Morgan fingerprint density at radius 1 is 1.17 bits per heavy atom. The highest BCUT2D eigenvalue weighted by Crippen LogP contribution is 2.51. The highest BCUT2D eigenvalue weighted by Gasteiger charge is 2.51. The summed E-state index contributed by atoms with van der Waals surface area (Å²) >= 11 is 0. The lowest BCUT2D eigenvalue weighted by atomic mass is 9.77. The van der Waals surface area contributed by atoms with Crippen LogP contribution >= 0.6 is 0 Å². The van der Waals surface area contributed by atoms with Gasteiger partial charge in [0.25, 0.3) is 0 Å². The molecule has 0 bridgehead atoms. The van der Waals surface area contributed by atoms with E-state index in [1.165, 1.54) is 7.11 Å². The number of methoxy groups -OCH3 is 1. The number of aromatic nitrogens is 1. The molecule has 1 aliphatic heterocycles. The zero-order valence-electron chi connectivity index (χ0n) is 23.3. The van der Waals surface area contributed by atoms with Crippen LogP contribution in [0.3, 0.4) is 0 Å². The van der Waals surface area contributed by atoms with Gasteiger partial charge in [0.15, 0.2) is 11.5 Å². The number of amides is 2. The van der Waals surface area contributed by atoms with Crippen molar-refractivity contribution < 1.29 is 34.4 Å². The number of carbonyl (C=O) groups excluding carboxylic acids is 2. The molecule has 218 valence electrons. The Bertz CT molecular complexity index is 1420. The van der Waals surface area contributed by atoms with E-state index >= 15 is 0 Å². The van der Waals surface area contributed by atoms with Crippen molar-refractivity contribution >= 4 is 22.7 Å². The van der Waals surface area contributed by atoms with E-state index in [9.17, 15) is 24.9 Å². The van der Waals surface area contributed by atoms with Crippen LogP contribution in [0.5, 0.6) is 11.5 Å². The molecule has 0 saturated heterocycles. The number of aromatic amines is 1. The van der Waals surface area contributed by atoms with Gasteiger partial charge in [-0.2, -0.15) is 0 Å². The van der Waals surface area contributed by atoms with Crippen LogP contribution in [-0.2, 0) is 22.6 Å². The number of carbonyl (C=O) groups is 2. The van der Waals surface area contributed by atoms with Crippen LogP contribution in [0.15, 0.2) is 54.1 Å². The van der Waals surface area contributed by atoms with Gasteiger partial charge in [-0.3, -0.25) is 9.59 Å². The van der Waals surface area contributed by atoms with Crippen LogP contribution in [0.2, 0.25) is 0 Å². The molecule has 1 aromatic heterocycles. The van der Waals surface area contributed by atoms with Gasteiger partial charge in [-0.1, -0.05) is 25.1 Å². The summed E-state index contributed by atoms with van der Waals surface area (Å²) in [7, 11) is 1.49. The van der Waals surface area contributed by atoms with E-state index in [1.54, 1.807) is 23.1 Å². The molecular weight excluding hydrogens is 526 g/mol. The van der Waals surface area contributed by atoms with Crippen LogP contribution in [0.25, 0.3) is 10.9 Å². The zero-order valence-corrected chi connectivity index (χ0v) is 23.3. The van der Waals surface area contributed by atoms with Crippen molar-refractivity contribution in [1.29, 1.82) is 0 Å². The minimum absolute atomic E-state index is 0.0490. The van der Waals surface area contributed by atoms with Crippen LogP contribution < -0.4 is 14.8 Å². The van der Waals surface area contributed by atoms with Crippen molar-refractivity contribution in [2.45, 2.75) is 57.0 Å². The van der Waals surface area contributed by atoms with Crippen molar-refractivity contribution in [2.24, 2.45) is 0 Å². The van der Waals surface area contributed by atoms with Gasteiger partial charge in [-0.05, 0) is 47.7 Å². The summed E-state index contributed by atoms with van der Waals surface area (Å²) in [5.41, 5.74) is 3.49. The van der Waals surface area contributed by atoms with E-state index in [0.717, 1.165) is 16.6 Å². The Balaban J connectivity index is 1.53. The van der Waals surface area contributed by atoms with Gasteiger partial charge in [-0.25, -0.2) is 0 Å². The van der Waals surface area contributed by atoms with Crippen molar-refractivity contribution in [3.8, 4) is 11.5 Å². The number of fused-ring (bicyclic) bond motifs is 4. The average Bonchev–Trinajstić information content (AvgIpc) is 3.58. The number of aliphatic hydroxyl groups excluding tert-OH is 3. The largest absolute Gasteiger partial charge is 0.493 e. The fourth-order valence-electron chi connectivity index (χ4n) is 5.93. The molecule has 0 fully saturated rings. The molecule has 10 heteroatoms. The fraction of sp³-hybridized carbons (Fsp3) is 0.419. The molecule has 41 heavy (non-hydrogen) atoms. The van der Waals surface area contributed by atoms with Gasteiger partial charge >= 0.3 is 0 Å². The first-order valence-corrected chi connectivity index (χ1v) is 14.0. The highest BCUT2D eigenvalue weighted by atomic mass is 16.5. The monoisotopic (exact) mass is 563 g/mol. The predicted molar refractivity (Wildman–Crippen MR) is 153 cm³/mol. The summed E-state index contributed by atoms with van der Waals surface area (Å²) in [4.78, 5) is 32.0. The maximum atomic E-state index is 13.5. The van der Waals surface area contributed by atoms with Crippen LogP contribution in [-0.4, -0.2) is 82.1 Å². The molecule has 5 rings (SSSR count). The molecule has 2 heterocycles. The number of para-hydroxylation sites is 1. The second-order valence-corrected chi connectivity index (χ2v) is 10.5. The Hall–Kier alpha value is -3.86. The van der Waals surface area contributed by atoms with Crippen molar-refractivity contribution in [1.82, 2.24) is 15.2 Å². The lowest BCUT2D eigenvalue weighted by molar-refractivity contribution is -0.137. The standard InChI is InChI=1S/C31H37N3O7/c1-3-6-26(37)34(11-9-20-15-19-7-4-5-8-23(19)33-20)24-16-22(31(39)32-10-12-35)27-21-13-18(17-36)14-25(40-2)29(21)41-30(27)28(24)38/h4-5,7-8,13-16,24,27-28,30,33,35-36,38H,3,6,9-12,17H2,1-2H3,(H,32,39). The van der Waals surface area contributed by atoms with Crippen molar-refractivity contribution in [3.05, 3.63) is 70.9 Å². The molecule has 4 unspecified atom stereocenters. The second-order valence-electron chi connectivity index (χ2n) is 10.5. The predicted octanol–water partition coefficient (Wildman–Crippen LogP) is 2.16. The molecule has 0 spiro atoms. The van der Waals surface area contributed by atoms with Gasteiger partial charge in [0.05, 0.1) is 32.3 Å². The normalized spacial score (nSPS) is 21.0. The maximum absolute atomic E-state index is 13.5. The first-order chi connectivity index (χ1) is 19.9. The van der Waals surface area contributed by atoms with Gasteiger partial charge in [0.2, 0.25) is 11.8 Å². The van der Waals surface area contributed by atoms with Gasteiger partial charge in [0, 0.05) is 48.3 Å². The van der Waals surface area contributed by atoms with E-state index < -0.39 is 30.1 Å². The number of hydrogen-bond donors (Lipinski definition) is 5. The number of benzene rings is 2. The summed E-state index contributed by atoms with van der Waals surface area (Å²) in [5, 5.41) is 34.7. The summed E-state index contributed by atoms with van der Waals surface area (Å²) in [5.74, 6) is -0.433. The Labute approximate surface area is 238 Å². The average molecular weight is 564 g/mol. The number of H-pyrrole nitrogens is 1. The summed E-state index contributed by atoms with van der Waals surface area (Å²) in [6, 6.07) is 12.6. The molecule has 0 radical (unpaired) electrons. The van der Waals surface area contributed by atoms with Gasteiger partial charge < -0.3 is 40.0 Å². The molecule has 1 aliphatic carbocycles. The third kappa shape index (κ3) is 5.55. The van der Waals surface area contributed by atoms with E-state index in [1.807, 2.05) is 31.2 Å². The maximum Gasteiger partial charge on any atom is 0.247 e. The lowest BCUT2D eigenvalue weighted by Gasteiger charge is -2.40. The Kier molecular flexibility index (Phi) is 8.63. The van der Waals surface area contributed by atoms with E-state index in [-0.39, 0.29) is 25.7 Å². The molecule has 3 aromatic rings. The molecular formula is C31H37N3O7. The quantitative estimate of drug-likeness (QED) is 0.241. The number of ether oxygens (including phenoxy) is 2. The Morgan fingerprint density at radius 2 is 1.98 bits per heavy atom. The number of nitrogens with one attached hydrogen (secondary N) is 2. The lowest BCUT2D eigenvalue weighted by Crippen LogP contribution is -2.56. The minimum atomic E-state index is -1.15. The molecule has 10 nitrogen and oxygen atoms in total. The van der Waals surface area contributed by atoms with Gasteiger partial charge in [-0.15, -0.1) is 0 Å². The first kappa shape index (κ1) is 28.7. The molecule has 2 aromatic carbocycles. The Morgan fingerprint density at radius 3 is 2.68 bits per heavy atom. The topological polar surface area (TPSA) is 144 Å². The second kappa shape index (κ2) is 12.3. The molecule has 2 amide bonds. The fourth-order valence-corrected chi connectivity index (χ4v) is 5.93. The molecule has 0 saturated carbocycles. The van der Waals surface area contributed by atoms with E-state index in [4.69, 9.17) is 9.47 Å². The molecule has 5 N–H and O–H groups in total. The third-order valence-corrected chi connectivity index (χ3v) is 7.85.